The van der Waals surface area contributed by atoms with Crippen LogP contribution in [-0.2, 0) is 10.0 Å². The molecule has 0 spiro atoms. The number of carbonyl (C=O) groups excluding carboxylic acids is 1. The van der Waals surface area contributed by atoms with E-state index in [0.717, 1.165) is 6.07 Å². The van der Waals surface area contributed by atoms with Gasteiger partial charge in [-0.25, -0.2) is 12.8 Å². The smallest absolute Gasteiger partial charge is 0.261 e. The van der Waals surface area contributed by atoms with Crippen molar-refractivity contribution < 1.29 is 22.3 Å². The van der Waals surface area contributed by atoms with E-state index in [1.165, 1.54) is 36.4 Å². The summed E-state index contributed by atoms with van der Waals surface area (Å²) in [6.07, 6.45) is 0. The lowest BCUT2D eigenvalue weighted by molar-refractivity contribution is 0.102. The lowest BCUT2D eigenvalue weighted by Crippen LogP contribution is -2.17. The van der Waals surface area contributed by atoms with E-state index in [9.17, 15) is 17.6 Å². The van der Waals surface area contributed by atoms with Crippen LogP contribution in [0.1, 0.15) is 22.8 Å². The minimum Gasteiger partial charge on any atom is -0.492 e. The molecule has 3 rings (SSSR count). The molecular formula is C22H20ClFN2O4S. The van der Waals surface area contributed by atoms with E-state index in [4.69, 9.17) is 16.3 Å². The fraction of sp³-hybridized carbons (Fsp3) is 0.136. The summed E-state index contributed by atoms with van der Waals surface area (Å²) < 4.78 is 47.8. The lowest BCUT2D eigenvalue weighted by atomic mass is 10.2. The van der Waals surface area contributed by atoms with Gasteiger partial charge in [-0.05, 0) is 67.9 Å². The molecular weight excluding hydrogens is 443 g/mol. The predicted molar refractivity (Wildman–Crippen MR) is 119 cm³/mol. The first-order chi connectivity index (χ1) is 14.7. The van der Waals surface area contributed by atoms with Crippen molar-refractivity contribution in [2.75, 3.05) is 16.6 Å². The van der Waals surface area contributed by atoms with Crippen LogP contribution in [0.2, 0.25) is 5.02 Å². The van der Waals surface area contributed by atoms with Crippen LogP contribution in [-0.4, -0.2) is 20.9 Å². The minimum atomic E-state index is -3.99. The molecule has 0 radical (unpaired) electrons. The number of anilines is 2. The zero-order valence-electron chi connectivity index (χ0n) is 16.8. The Morgan fingerprint density at radius 2 is 1.81 bits per heavy atom. The number of aryl methyl sites for hydroxylation is 1. The van der Waals surface area contributed by atoms with Crippen LogP contribution in [0.4, 0.5) is 15.8 Å². The average molecular weight is 463 g/mol. The monoisotopic (exact) mass is 462 g/mol. The molecule has 31 heavy (non-hydrogen) atoms. The summed E-state index contributed by atoms with van der Waals surface area (Å²) in [6, 6.07) is 14.3. The first-order valence-corrected chi connectivity index (χ1v) is 11.2. The molecule has 1 amide bonds. The summed E-state index contributed by atoms with van der Waals surface area (Å²) in [4.78, 5) is 12.4. The summed E-state index contributed by atoms with van der Waals surface area (Å²) in [5.41, 5.74) is 0.948. The zero-order chi connectivity index (χ0) is 22.6. The van der Waals surface area contributed by atoms with Crippen molar-refractivity contribution in [2.45, 2.75) is 18.7 Å². The number of rotatable bonds is 7. The van der Waals surface area contributed by atoms with Gasteiger partial charge in [0.05, 0.1) is 28.4 Å². The molecule has 3 aromatic carbocycles. The summed E-state index contributed by atoms with van der Waals surface area (Å²) >= 11 is 5.93. The van der Waals surface area contributed by atoms with Gasteiger partial charge in [-0.3, -0.25) is 9.52 Å². The number of carbonyl (C=O) groups is 1. The number of amides is 1. The first-order valence-electron chi connectivity index (χ1n) is 9.33. The van der Waals surface area contributed by atoms with Gasteiger partial charge in [0.25, 0.3) is 15.9 Å². The summed E-state index contributed by atoms with van der Waals surface area (Å²) in [5.74, 6) is -1.16. The Morgan fingerprint density at radius 3 is 2.48 bits per heavy atom. The molecule has 0 bridgehead atoms. The van der Waals surface area contributed by atoms with Gasteiger partial charge in [0, 0.05) is 5.02 Å². The van der Waals surface area contributed by atoms with Gasteiger partial charge >= 0.3 is 0 Å². The third-order valence-electron chi connectivity index (χ3n) is 4.36. The highest BCUT2D eigenvalue weighted by Gasteiger charge is 2.20. The highest BCUT2D eigenvalue weighted by molar-refractivity contribution is 7.92. The van der Waals surface area contributed by atoms with E-state index in [1.807, 2.05) is 0 Å². The predicted octanol–water partition coefficient (Wildman–Crippen LogP) is 5.24. The van der Waals surface area contributed by atoms with E-state index < -0.39 is 21.7 Å². The molecule has 0 saturated carbocycles. The van der Waals surface area contributed by atoms with Crippen molar-refractivity contribution >= 4 is 38.9 Å². The van der Waals surface area contributed by atoms with Gasteiger partial charge < -0.3 is 10.1 Å². The van der Waals surface area contributed by atoms with Crippen molar-refractivity contribution in [2.24, 2.45) is 0 Å². The molecule has 0 saturated heterocycles. The van der Waals surface area contributed by atoms with Crippen molar-refractivity contribution in [3.63, 3.8) is 0 Å². The quantitative estimate of drug-likeness (QED) is 0.503. The number of hydrogen-bond donors (Lipinski definition) is 2. The molecule has 9 heteroatoms. The van der Waals surface area contributed by atoms with Gasteiger partial charge in [-0.2, -0.15) is 0 Å². The van der Waals surface area contributed by atoms with E-state index in [0.29, 0.717) is 16.3 Å². The van der Waals surface area contributed by atoms with Crippen molar-refractivity contribution in [1.82, 2.24) is 0 Å². The molecule has 2 N–H and O–H groups in total. The van der Waals surface area contributed by atoms with Crippen LogP contribution in [0.5, 0.6) is 5.75 Å². The van der Waals surface area contributed by atoms with Gasteiger partial charge in [-0.15, -0.1) is 0 Å². The average Bonchev–Trinajstić information content (AvgIpc) is 2.71. The maximum absolute atomic E-state index is 14.0. The Morgan fingerprint density at radius 1 is 1.06 bits per heavy atom. The normalized spacial score (nSPS) is 11.1. The summed E-state index contributed by atoms with van der Waals surface area (Å²) in [5, 5.41) is 3.02. The SMILES string of the molecule is CCOc1ccc(S(=O)(=O)Nc2ccc(Cl)cc2C)cc1NC(=O)c1ccccc1F. The second-order valence-corrected chi connectivity index (χ2v) is 8.71. The molecule has 0 aliphatic carbocycles. The van der Waals surface area contributed by atoms with Crippen LogP contribution in [0.15, 0.2) is 65.6 Å². The second-order valence-electron chi connectivity index (χ2n) is 6.59. The molecule has 162 valence electrons. The molecule has 0 unspecified atom stereocenters. The molecule has 0 aliphatic rings. The Hall–Kier alpha value is -3.10. The van der Waals surface area contributed by atoms with Crippen LogP contribution in [0, 0.1) is 12.7 Å². The highest BCUT2D eigenvalue weighted by atomic mass is 35.5. The standard InChI is InChI=1S/C22H20ClFN2O4S/c1-3-30-21-11-9-16(31(28,29)26-19-10-8-15(23)12-14(19)2)13-20(21)25-22(27)17-6-4-5-7-18(17)24/h4-13,26H,3H2,1-2H3,(H,25,27). The number of nitrogens with one attached hydrogen (secondary N) is 2. The Balaban J connectivity index is 1.95. The van der Waals surface area contributed by atoms with E-state index in [1.54, 1.807) is 32.0 Å². The van der Waals surface area contributed by atoms with Crippen molar-refractivity contribution in [1.29, 1.82) is 0 Å². The zero-order valence-corrected chi connectivity index (χ0v) is 18.4. The fourth-order valence-electron chi connectivity index (χ4n) is 2.84. The number of benzene rings is 3. The highest BCUT2D eigenvalue weighted by Crippen LogP contribution is 2.30. The van der Waals surface area contributed by atoms with Gasteiger partial charge in [0.2, 0.25) is 0 Å². The van der Waals surface area contributed by atoms with Crippen molar-refractivity contribution in [3.8, 4) is 5.75 Å². The maximum Gasteiger partial charge on any atom is 0.261 e. The first kappa shape index (κ1) is 22.6. The molecule has 6 nitrogen and oxygen atoms in total. The Labute approximate surface area is 185 Å². The number of sulfonamides is 1. The summed E-state index contributed by atoms with van der Waals surface area (Å²) in [7, 11) is -3.99. The third-order valence-corrected chi connectivity index (χ3v) is 5.96. The van der Waals surface area contributed by atoms with Gasteiger partial charge in [-0.1, -0.05) is 23.7 Å². The second kappa shape index (κ2) is 9.36. The fourth-order valence-corrected chi connectivity index (χ4v) is 4.22. The number of ether oxygens (including phenoxy) is 1. The van der Waals surface area contributed by atoms with Crippen LogP contribution in [0.25, 0.3) is 0 Å². The van der Waals surface area contributed by atoms with Gasteiger partial charge in [0.15, 0.2) is 0 Å². The third kappa shape index (κ3) is 5.34. The Kier molecular flexibility index (Phi) is 6.82. The maximum atomic E-state index is 14.0. The topological polar surface area (TPSA) is 84.5 Å². The molecule has 0 fully saturated rings. The van der Waals surface area contributed by atoms with Crippen LogP contribution < -0.4 is 14.8 Å². The summed E-state index contributed by atoms with van der Waals surface area (Å²) in [6.45, 7) is 3.76. The molecule has 0 heterocycles. The lowest BCUT2D eigenvalue weighted by Gasteiger charge is -2.15. The van der Waals surface area contributed by atoms with Crippen LogP contribution >= 0.6 is 11.6 Å². The van der Waals surface area contributed by atoms with Crippen LogP contribution in [0.3, 0.4) is 0 Å². The molecule has 0 aromatic heterocycles. The molecule has 0 aliphatic heterocycles. The molecule has 0 atom stereocenters. The van der Waals surface area contributed by atoms with E-state index >= 15 is 0 Å². The van der Waals surface area contributed by atoms with Gasteiger partial charge in [0.1, 0.15) is 11.6 Å². The molecule has 3 aromatic rings. The number of halogens is 2. The van der Waals surface area contributed by atoms with Crippen molar-refractivity contribution in [3.05, 3.63) is 82.6 Å². The Bertz CT molecular complexity index is 1230. The largest absolute Gasteiger partial charge is 0.492 e. The van der Waals surface area contributed by atoms with E-state index in [-0.39, 0.29) is 28.5 Å². The minimum absolute atomic E-state index is 0.103. The number of hydrogen-bond acceptors (Lipinski definition) is 4. The van der Waals surface area contributed by atoms with E-state index in [2.05, 4.69) is 10.0 Å².